The highest BCUT2D eigenvalue weighted by atomic mass is 32.1. The molecule has 2 aromatic rings. The highest BCUT2D eigenvalue weighted by Crippen LogP contribution is 2.27. The van der Waals surface area contributed by atoms with E-state index in [1.165, 1.54) is 0 Å². The number of hydrogen-bond acceptors (Lipinski definition) is 4. The zero-order valence-electron chi connectivity index (χ0n) is 12.0. The largest absolute Gasteiger partial charge is 0.497 e. The Bertz CT molecular complexity index is 663. The SMILES string of the molecule is COc1ccc(Nc2c(C(N)=S)c(C)nn2C)c(C)c1. The van der Waals surface area contributed by atoms with Gasteiger partial charge in [0.05, 0.1) is 18.4 Å². The summed E-state index contributed by atoms with van der Waals surface area (Å²) in [4.78, 5) is 0.337. The Morgan fingerprint density at radius 2 is 2.10 bits per heavy atom. The Hall–Kier alpha value is -2.08. The molecule has 0 atom stereocenters. The Balaban J connectivity index is 2.42. The van der Waals surface area contributed by atoms with Gasteiger partial charge in [-0.05, 0) is 37.6 Å². The number of nitrogens with two attached hydrogens (primary N) is 1. The van der Waals surface area contributed by atoms with Gasteiger partial charge < -0.3 is 15.8 Å². The van der Waals surface area contributed by atoms with E-state index in [4.69, 9.17) is 22.7 Å². The number of anilines is 2. The first-order chi connectivity index (χ1) is 9.43. The van der Waals surface area contributed by atoms with Gasteiger partial charge in [-0.15, -0.1) is 0 Å². The van der Waals surface area contributed by atoms with Gasteiger partial charge in [0.1, 0.15) is 16.6 Å². The third-order valence-electron chi connectivity index (χ3n) is 3.16. The Labute approximate surface area is 123 Å². The van der Waals surface area contributed by atoms with Crippen molar-refractivity contribution < 1.29 is 4.74 Å². The first-order valence-corrected chi connectivity index (χ1v) is 6.60. The molecular formula is C14H18N4OS. The number of rotatable bonds is 4. The van der Waals surface area contributed by atoms with Crippen molar-refractivity contribution in [3.8, 4) is 5.75 Å². The summed E-state index contributed by atoms with van der Waals surface area (Å²) in [6, 6.07) is 5.82. The highest BCUT2D eigenvalue weighted by molar-refractivity contribution is 7.80. The summed E-state index contributed by atoms with van der Waals surface area (Å²) in [5.41, 5.74) is 9.40. The zero-order valence-corrected chi connectivity index (χ0v) is 12.8. The lowest BCUT2D eigenvalue weighted by molar-refractivity contribution is 0.414. The Kier molecular flexibility index (Phi) is 3.94. The van der Waals surface area contributed by atoms with Crippen LogP contribution in [-0.4, -0.2) is 21.9 Å². The lowest BCUT2D eigenvalue weighted by atomic mass is 10.1. The lowest BCUT2D eigenvalue weighted by Gasteiger charge is -2.12. The van der Waals surface area contributed by atoms with E-state index in [0.29, 0.717) is 4.99 Å². The molecule has 1 heterocycles. The molecule has 0 aliphatic heterocycles. The summed E-state index contributed by atoms with van der Waals surface area (Å²) in [5, 5.41) is 7.69. The van der Waals surface area contributed by atoms with Crippen molar-refractivity contribution in [2.24, 2.45) is 12.8 Å². The van der Waals surface area contributed by atoms with Gasteiger partial charge in [-0.3, -0.25) is 4.68 Å². The average molecular weight is 290 g/mol. The first-order valence-electron chi connectivity index (χ1n) is 6.19. The van der Waals surface area contributed by atoms with Crippen molar-refractivity contribution in [3.63, 3.8) is 0 Å². The van der Waals surface area contributed by atoms with Gasteiger partial charge in [0.15, 0.2) is 0 Å². The van der Waals surface area contributed by atoms with Crippen molar-refractivity contribution in [2.45, 2.75) is 13.8 Å². The normalized spacial score (nSPS) is 10.4. The number of aryl methyl sites for hydroxylation is 3. The Morgan fingerprint density at radius 3 is 2.65 bits per heavy atom. The van der Waals surface area contributed by atoms with E-state index >= 15 is 0 Å². The van der Waals surface area contributed by atoms with Crippen LogP contribution in [0.5, 0.6) is 5.75 Å². The molecule has 0 saturated carbocycles. The van der Waals surface area contributed by atoms with Crippen LogP contribution in [0.4, 0.5) is 11.5 Å². The number of thiocarbonyl (C=S) groups is 1. The van der Waals surface area contributed by atoms with E-state index in [1.807, 2.05) is 39.1 Å². The van der Waals surface area contributed by atoms with Crippen LogP contribution < -0.4 is 15.8 Å². The second-order valence-corrected chi connectivity index (χ2v) is 5.04. The van der Waals surface area contributed by atoms with E-state index in [-0.39, 0.29) is 0 Å². The molecule has 6 heteroatoms. The molecule has 0 bridgehead atoms. The summed E-state index contributed by atoms with van der Waals surface area (Å²) < 4.78 is 6.95. The van der Waals surface area contributed by atoms with Crippen molar-refractivity contribution in [1.29, 1.82) is 0 Å². The summed E-state index contributed by atoms with van der Waals surface area (Å²) in [6.07, 6.45) is 0. The molecule has 0 saturated heterocycles. The minimum Gasteiger partial charge on any atom is -0.497 e. The maximum atomic E-state index is 5.78. The predicted octanol–water partition coefficient (Wildman–Crippen LogP) is 2.42. The molecule has 0 amide bonds. The molecule has 0 spiro atoms. The molecular weight excluding hydrogens is 272 g/mol. The van der Waals surface area contributed by atoms with Crippen molar-refractivity contribution in [2.75, 3.05) is 12.4 Å². The fraction of sp³-hybridized carbons (Fsp3) is 0.286. The summed E-state index contributed by atoms with van der Waals surface area (Å²) in [7, 11) is 3.51. The number of aromatic nitrogens is 2. The van der Waals surface area contributed by atoms with E-state index in [9.17, 15) is 0 Å². The monoisotopic (exact) mass is 290 g/mol. The number of nitrogens with zero attached hydrogens (tertiary/aromatic N) is 2. The highest BCUT2D eigenvalue weighted by Gasteiger charge is 2.16. The fourth-order valence-corrected chi connectivity index (χ4v) is 2.37. The molecule has 2 rings (SSSR count). The Morgan fingerprint density at radius 1 is 1.40 bits per heavy atom. The molecule has 5 nitrogen and oxygen atoms in total. The third kappa shape index (κ3) is 2.60. The van der Waals surface area contributed by atoms with Crippen LogP contribution in [-0.2, 0) is 7.05 Å². The minimum absolute atomic E-state index is 0.337. The molecule has 20 heavy (non-hydrogen) atoms. The van der Waals surface area contributed by atoms with Crippen LogP contribution in [0.15, 0.2) is 18.2 Å². The molecule has 1 aromatic heterocycles. The minimum atomic E-state index is 0.337. The smallest absolute Gasteiger partial charge is 0.138 e. The van der Waals surface area contributed by atoms with E-state index in [2.05, 4.69) is 10.4 Å². The van der Waals surface area contributed by atoms with Crippen LogP contribution in [0.2, 0.25) is 0 Å². The molecule has 1 aromatic carbocycles. The second-order valence-electron chi connectivity index (χ2n) is 4.60. The maximum Gasteiger partial charge on any atom is 0.138 e. The number of hydrogen-bond donors (Lipinski definition) is 2. The fourth-order valence-electron chi connectivity index (χ4n) is 2.13. The molecule has 0 fully saturated rings. The predicted molar refractivity (Wildman–Crippen MR) is 84.8 cm³/mol. The van der Waals surface area contributed by atoms with Crippen LogP contribution in [0, 0.1) is 13.8 Å². The topological polar surface area (TPSA) is 65.1 Å². The summed E-state index contributed by atoms with van der Waals surface area (Å²) in [5.74, 6) is 1.62. The van der Waals surface area contributed by atoms with Crippen molar-refractivity contribution in [1.82, 2.24) is 9.78 Å². The zero-order chi connectivity index (χ0) is 14.9. The van der Waals surface area contributed by atoms with Crippen LogP contribution in [0.1, 0.15) is 16.8 Å². The van der Waals surface area contributed by atoms with Crippen molar-refractivity contribution in [3.05, 3.63) is 35.0 Å². The quantitative estimate of drug-likeness (QED) is 0.847. The number of nitrogens with one attached hydrogen (secondary N) is 1. The van der Waals surface area contributed by atoms with E-state index in [0.717, 1.165) is 34.1 Å². The van der Waals surface area contributed by atoms with Crippen LogP contribution >= 0.6 is 12.2 Å². The van der Waals surface area contributed by atoms with Gasteiger partial charge in [-0.25, -0.2) is 0 Å². The van der Waals surface area contributed by atoms with Gasteiger partial charge in [0.25, 0.3) is 0 Å². The molecule has 0 aliphatic rings. The van der Waals surface area contributed by atoms with Gasteiger partial charge in [-0.1, -0.05) is 12.2 Å². The third-order valence-corrected chi connectivity index (χ3v) is 3.36. The molecule has 0 radical (unpaired) electrons. The van der Waals surface area contributed by atoms with Gasteiger partial charge in [-0.2, -0.15) is 5.10 Å². The average Bonchev–Trinajstić information content (AvgIpc) is 2.66. The van der Waals surface area contributed by atoms with Gasteiger partial charge in [0.2, 0.25) is 0 Å². The number of benzene rings is 1. The van der Waals surface area contributed by atoms with E-state index < -0.39 is 0 Å². The van der Waals surface area contributed by atoms with E-state index in [1.54, 1.807) is 11.8 Å². The molecule has 3 N–H and O–H groups in total. The number of ether oxygens (including phenoxy) is 1. The molecule has 0 unspecified atom stereocenters. The van der Waals surface area contributed by atoms with Crippen molar-refractivity contribution >= 4 is 28.7 Å². The summed E-state index contributed by atoms with van der Waals surface area (Å²) in [6.45, 7) is 3.90. The second kappa shape index (κ2) is 5.50. The van der Waals surface area contributed by atoms with Crippen LogP contribution in [0.25, 0.3) is 0 Å². The first kappa shape index (κ1) is 14.3. The maximum absolute atomic E-state index is 5.78. The standard InChI is InChI=1S/C14H18N4OS/c1-8-7-10(19-4)5-6-11(8)16-14-12(13(15)20)9(2)17-18(14)3/h5-7,16H,1-4H3,(H2,15,20). The van der Waals surface area contributed by atoms with Gasteiger partial charge in [0, 0.05) is 12.7 Å². The van der Waals surface area contributed by atoms with Gasteiger partial charge >= 0.3 is 0 Å². The molecule has 106 valence electrons. The lowest BCUT2D eigenvalue weighted by Crippen LogP contribution is -2.13. The molecule has 0 aliphatic carbocycles. The number of methoxy groups -OCH3 is 1. The van der Waals surface area contributed by atoms with Crippen LogP contribution in [0.3, 0.4) is 0 Å². The summed E-state index contributed by atoms with van der Waals surface area (Å²) >= 11 is 5.10.